The largest absolute Gasteiger partial charge is 0.338 e. The third-order valence-electron chi connectivity index (χ3n) is 4.70. The number of hydrogen-bond acceptors (Lipinski definition) is 7. The Bertz CT molecular complexity index is 622. The van der Waals surface area contributed by atoms with Crippen LogP contribution in [0.3, 0.4) is 0 Å². The topological polar surface area (TPSA) is 88.3 Å². The smallest absolute Gasteiger partial charge is 0.240 e. The van der Waals surface area contributed by atoms with E-state index in [9.17, 15) is 8.42 Å². The molecule has 3 heterocycles. The van der Waals surface area contributed by atoms with E-state index in [2.05, 4.69) is 20.4 Å². The van der Waals surface area contributed by atoms with E-state index < -0.39 is 9.84 Å². The molecule has 0 radical (unpaired) electrons. The first-order valence-electron chi connectivity index (χ1n) is 8.45. The van der Waals surface area contributed by atoms with E-state index in [-0.39, 0.29) is 29.5 Å². The van der Waals surface area contributed by atoms with Gasteiger partial charge < -0.3 is 9.84 Å². The molecule has 1 aromatic heterocycles. The van der Waals surface area contributed by atoms with Gasteiger partial charge in [0, 0.05) is 18.0 Å². The van der Waals surface area contributed by atoms with E-state index >= 15 is 0 Å². The summed E-state index contributed by atoms with van der Waals surface area (Å²) < 4.78 is 29.4. The quantitative estimate of drug-likeness (QED) is 0.851. The normalized spacial score (nSPS) is 28.5. The Labute approximate surface area is 137 Å². The Hall–Kier alpha value is -0.990. The van der Waals surface area contributed by atoms with E-state index in [0.717, 1.165) is 25.9 Å². The SMILES string of the molecule is CC(C)c1noc(CN[C@H]2CS(=O)(=O)C[C@H]2N2CCCCC2)n1. The maximum absolute atomic E-state index is 12.1. The lowest BCUT2D eigenvalue weighted by Crippen LogP contribution is -2.50. The maximum atomic E-state index is 12.1. The van der Waals surface area contributed by atoms with Crippen molar-refractivity contribution in [2.45, 2.75) is 57.7 Å². The second-order valence-electron chi connectivity index (χ2n) is 6.93. The predicted octanol–water partition coefficient (Wildman–Crippen LogP) is 0.934. The second-order valence-corrected chi connectivity index (χ2v) is 9.08. The molecule has 0 saturated carbocycles. The van der Waals surface area contributed by atoms with Crippen LogP contribution in [-0.2, 0) is 16.4 Å². The molecule has 130 valence electrons. The van der Waals surface area contributed by atoms with Gasteiger partial charge in [0.1, 0.15) is 0 Å². The van der Waals surface area contributed by atoms with Crippen LogP contribution >= 0.6 is 0 Å². The standard InChI is InChI=1S/C15H26N4O3S/c1-11(2)15-17-14(22-18-15)8-16-12-9-23(20,21)10-13(12)19-6-4-3-5-7-19/h11-13,16H,3-10H2,1-2H3/t12-,13+/m0/s1. The fraction of sp³-hybridized carbons (Fsp3) is 0.867. The fourth-order valence-corrected chi connectivity index (χ4v) is 5.41. The van der Waals surface area contributed by atoms with Crippen LogP contribution in [0.1, 0.15) is 50.7 Å². The van der Waals surface area contributed by atoms with Crippen molar-refractivity contribution in [3.05, 3.63) is 11.7 Å². The van der Waals surface area contributed by atoms with Crippen LogP contribution < -0.4 is 5.32 Å². The molecule has 2 aliphatic rings. The van der Waals surface area contributed by atoms with Crippen molar-refractivity contribution >= 4 is 9.84 Å². The van der Waals surface area contributed by atoms with Crippen LogP contribution in [-0.4, -0.2) is 60.1 Å². The number of nitrogens with one attached hydrogen (secondary N) is 1. The molecule has 8 heteroatoms. The lowest BCUT2D eigenvalue weighted by Gasteiger charge is -2.34. The average Bonchev–Trinajstić information content (AvgIpc) is 3.10. The van der Waals surface area contributed by atoms with Crippen molar-refractivity contribution in [2.75, 3.05) is 24.6 Å². The third kappa shape index (κ3) is 4.10. The highest BCUT2D eigenvalue weighted by Crippen LogP contribution is 2.22. The Morgan fingerprint density at radius 3 is 2.65 bits per heavy atom. The van der Waals surface area contributed by atoms with Gasteiger partial charge in [-0.15, -0.1) is 0 Å². The summed E-state index contributed by atoms with van der Waals surface area (Å²) in [6.07, 6.45) is 3.56. The zero-order chi connectivity index (χ0) is 16.4. The van der Waals surface area contributed by atoms with Gasteiger partial charge in [0.25, 0.3) is 0 Å². The van der Waals surface area contributed by atoms with Crippen molar-refractivity contribution in [2.24, 2.45) is 0 Å². The number of aromatic nitrogens is 2. The molecular weight excluding hydrogens is 316 g/mol. The van der Waals surface area contributed by atoms with E-state index in [4.69, 9.17) is 4.52 Å². The van der Waals surface area contributed by atoms with Gasteiger partial charge in [0.05, 0.1) is 18.1 Å². The molecule has 1 N–H and O–H groups in total. The Morgan fingerprint density at radius 2 is 2.00 bits per heavy atom. The summed E-state index contributed by atoms with van der Waals surface area (Å²) in [6.45, 7) is 6.44. The summed E-state index contributed by atoms with van der Waals surface area (Å²) >= 11 is 0. The number of sulfone groups is 1. The molecule has 0 aromatic carbocycles. The van der Waals surface area contributed by atoms with Crippen molar-refractivity contribution in [1.82, 2.24) is 20.4 Å². The summed E-state index contributed by atoms with van der Waals surface area (Å²) in [4.78, 5) is 6.67. The van der Waals surface area contributed by atoms with Gasteiger partial charge in [-0.1, -0.05) is 25.4 Å². The summed E-state index contributed by atoms with van der Waals surface area (Å²) in [5.41, 5.74) is 0. The molecule has 0 bridgehead atoms. The monoisotopic (exact) mass is 342 g/mol. The molecule has 2 aliphatic heterocycles. The molecule has 0 spiro atoms. The zero-order valence-corrected chi connectivity index (χ0v) is 14.7. The van der Waals surface area contributed by atoms with Gasteiger partial charge in [-0.3, -0.25) is 4.90 Å². The van der Waals surface area contributed by atoms with Crippen molar-refractivity contribution in [3.63, 3.8) is 0 Å². The van der Waals surface area contributed by atoms with Crippen LogP contribution in [0.15, 0.2) is 4.52 Å². The van der Waals surface area contributed by atoms with Gasteiger partial charge in [-0.2, -0.15) is 4.98 Å². The molecular formula is C15H26N4O3S. The summed E-state index contributed by atoms with van der Waals surface area (Å²) in [7, 11) is -2.98. The highest BCUT2D eigenvalue weighted by molar-refractivity contribution is 7.91. The first kappa shape index (κ1) is 16.9. The number of rotatable bonds is 5. The number of likely N-dealkylation sites (tertiary alicyclic amines) is 1. The average molecular weight is 342 g/mol. The molecule has 0 aliphatic carbocycles. The van der Waals surface area contributed by atoms with Gasteiger partial charge in [0.2, 0.25) is 5.89 Å². The van der Waals surface area contributed by atoms with Gasteiger partial charge in [-0.25, -0.2) is 8.42 Å². The number of hydrogen-bond donors (Lipinski definition) is 1. The first-order chi connectivity index (χ1) is 10.9. The maximum Gasteiger partial charge on any atom is 0.240 e. The Balaban J connectivity index is 1.63. The summed E-state index contributed by atoms with van der Waals surface area (Å²) in [5.74, 6) is 1.88. The molecule has 0 amide bonds. The molecule has 1 aromatic rings. The number of piperidine rings is 1. The van der Waals surface area contributed by atoms with E-state index in [1.807, 2.05) is 13.8 Å². The summed E-state index contributed by atoms with van der Waals surface area (Å²) in [6, 6.07) is 0.000269. The molecule has 3 rings (SSSR count). The van der Waals surface area contributed by atoms with Gasteiger partial charge in [-0.05, 0) is 25.9 Å². The van der Waals surface area contributed by atoms with Gasteiger partial charge in [0.15, 0.2) is 15.7 Å². The number of nitrogens with zero attached hydrogens (tertiary/aromatic N) is 3. The van der Waals surface area contributed by atoms with Crippen LogP contribution in [0.25, 0.3) is 0 Å². The van der Waals surface area contributed by atoms with Crippen LogP contribution in [0.5, 0.6) is 0 Å². The highest BCUT2D eigenvalue weighted by atomic mass is 32.2. The van der Waals surface area contributed by atoms with Crippen molar-refractivity contribution < 1.29 is 12.9 Å². The minimum absolute atomic E-state index is 0.0625. The summed E-state index contributed by atoms with van der Waals surface area (Å²) in [5, 5.41) is 7.28. The molecule has 2 atom stereocenters. The van der Waals surface area contributed by atoms with E-state index in [1.165, 1.54) is 6.42 Å². The Kier molecular flexibility index (Phi) is 5.03. The lowest BCUT2D eigenvalue weighted by atomic mass is 10.1. The zero-order valence-electron chi connectivity index (χ0n) is 13.9. The van der Waals surface area contributed by atoms with Gasteiger partial charge >= 0.3 is 0 Å². The third-order valence-corrected chi connectivity index (χ3v) is 6.41. The Morgan fingerprint density at radius 1 is 1.26 bits per heavy atom. The van der Waals surface area contributed by atoms with Crippen LogP contribution in [0, 0.1) is 0 Å². The first-order valence-corrected chi connectivity index (χ1v) is 10.3. The molecule has 2 fully saturated rings. The minimum Gasteiger partial charge on any atom is -0.338 e. The minimum atomic E-state index is -2.98. The molecule has 2 saturated heterocycles. The predicted molar refractivity (Wildman–Crippen MR) is 86.9 cm³/mol. The fourth-order valence-electron chi connectivity index (χ4n) is 3.43. The molecule has 23 heavy (non-hydrogen) atoms. The van der Waals surface area contributed by atoms with Crippen LogP contribution in [0.2, 0.25) is 0 Å². The van der Waals surface area contributed by atoms with Crippen LogP contribution in [0.4, 0.5) is 0 Å². The molecule has 7 nitrogen and oxygen atoms in total. The second kappa shape index (κ2) is 6.86. The lowest BCUT2D eigenvalue weighted by molar-refractivity contribution is 0.153. The van der Waals surface area contributed by atoms with Crippen molar-refractivity contribution in [1.29, 1.82) is 0 Å². The molecule has 0 unspecified atom stereocenters. The van der Waals surface area contributed by atoms with Crippen molar-refractivity contribution in [3.8, 4) is 0 Å². The van der Waals surface area contributed by atoms with E-state index in [0.29, 0.717) is 18.3 Å². The highest BCUT2D eigenvalue weighted by Gasteiger charge is 2.41. The van der Waals surface area contributed by atoms with E-state index in [1.54, 1.807) is 0 Å².